The zero-order valence-corrected chi connectivity index (χ0v) is 13.4. The van der Waals surface area contributed by atoms with E-state index in [4.69, 9.17) is 0 Å². The molecule has 1 aliphatic heterocycles. The van der Waals surface area contributed by atoms with Crippen molar-refractivity contribution in [3.63, 3.8) is 0 Å². The van der Waals surface area contributed by atoms with Crippen molar-refractivity contribution >= 4 is 11.7 Å². The number of nitrogens with one attached hydrogen (secondary N) is 2. The average molecular weight is 310 g/mol. The van der Waals surface area contributed by atoms with Crippen molar-refractivity contribution in [1.82, 2.24) is 15.1 Å². The number of aryl methyl sites for hydroxylation is 1. The van der Waals surface area contributed by atoms with Gasteiger partial charge in [-0.05, 0) is 30.7 Å². The standard InChI is InChI=1S/C18H22N4O/c1-2-14-16(18(23)19-10-12-8-9-12)17-20-15(11-22(17)21-14)13-6-4-3-5-7-13/h3-7,12,15,20H,2,8-11H2,1H3,(H,19,23). The van der Waals surface area contributed by atoms with Gasteiger partial charge in [0.05, 0.1) is 18.3 Å². The molecule has 5 heteroatoms. The van der Waals surface area contributed by atoms with E-state index in [2.05, 4.69) is 27.9 Å². The largest absolute Gasteiger partial charge is 0.361 e. The number of aromatic nitrogens is 2. The number of rotatable bonds is 5. The molecule has 2 aliphatic rings. The molecular formula is C18H22N4O. The molecule has 2 N–H and O–H groups in total. The molecule has 0 radical (unpaired) electrons. The number of hydrogen-bond acceptors (Lipinski definition) is 3. The first-order valence-electron chi connectivity index (χ1n) is 8.45. The Hall–Kier alpha value is -2.30. The Labute approximate surface area is 136 Å². The molecule has 1 unspecified atom stereocenters. The van der Waals surface area contributed by atoms with Gasteiger partial charge in [-0.25, -0.2) is 4.68 Å². The predicted molar refractivity (Wildman–Crippen MR) is 89.5 cm³/mol. The van der Waals surface area contributed by atoms with E-state index in [0.717, 1.165) is 36.6 Å². The maximum Gasteiger partial charge on any atom is 0.256 e. The third-order valence-corrected chi connectivity index (χ3v) is 4.70. The first kappa shape index (κ1) is 14.3. The average Bonchev–Trinajstić information content (AvgIpc) is 3.22. The van der Waals surface area contributed by atoms with Crippen molar-refractivity contribution in [3.8, 4) is 0 Å². The molecule has 1 fully saturated rings. The maximum absolute atomic E-state index is 12.6. The fourth-order valence-corrected chi connectivity index (χ4v) is 3.18. The highest BCUT2D eigenvalue weighted by Crippen LogP contribution is 2.33. The summed E-state index contributed by atoms with van der Waals surface area (Å²) in [4.78, 5) is 12.6. The Morgan fingerprint density at radius 2 is 2.13 bits per heavy atom. The molecule has 0 bridgehead atoms. The van der Waals surface area contributed by atoms with Gasteiger partial charge in [-0.3, -0.25) is 4.79 Å². The SMILES string of the molecule is CCc1nn2c(c1C(=O)NCC1CC1)NC(c1ccccc1)C2. The summed E-state index contributed by atoms with van der Waals surface area (Å²) < 4.78 is 1.95. The van der Waals surface area contributed by atoms with Gasteiger partial charge < -0.3 is 10.6 Å². The Morgan fingerprint density at radius 3 is 2.83 bits per heavy atom. The van der Waals surface area contributed by atoms with Gasteiger partial charge in [0.25, 0.3) is 5.91 Å². The fourth-order valence-electron chi connectivity index (χ4n) is 3.18. The number of anilines is 1. The van der Waals surface area contributed by atoms with E-state index in [0.29, 0.717) is 5.92 Å². The van der Waals surface area contributed by atoms with Crippen molar-refractivity contribution in [3.05, 3.63) is 47.2 Å². The monoisotopic (exact) mass is 310 g/mol. The molecular weight excluding hydrogens is 288 g/mol. The quantitative estimate of drug-likeness (QED) is 0.893. The van der Waals surface area contributed by atoms with Gasteiger partial charge in [0.15, 0.2) is 0 Å². The molecule has 2 heterocycles. The number of hydrogen-bond donors (Lipinski definition) is 2. The van der Waals surface area contributed by atoms with E-state index in [1.165, 1.54) is 18.4 Å². The van der Waals surface area contributed by atoms with E-state index < -0.39 is 0 Å². The molecule has 5 nitrogen and oxygen atoms in total. The van der Waals surface area contributed by atoms with Crippen LogP contribution in [0.2, 0.25) is 0 Å². The molecule has 1 aromatic carbocycles. The highest BCUT2D eigenvalue weighted by molar-refractivity contribution is 6.00. The topological polar surface area (TPSA) is 59.0 Å². The summed E-state index contributed by atoms with van der Waals surface area (Å²) in [6, 6.07) is 10.5. The zero-order valence-electron chi connectivity index (χ0n) is 13.4. The highest BCUT2D eigenvalue weighted by atomic mass is 16.1. The normalized spacial score (nSPS) is 19.3. The third kappa shape index (κ3) is 2.71. The molecule has 23 heavy (non-hydrogen) atoms. The molecule has 1 atom stereocenters. The molecule has 1 aromatic heterocycles. The molecule has 1 saturated carbocycles. The summed E-state index contributed by atoms with van der Waals surface area (Å²) in [5.41, 5.74) is 2.83. The highest BCUT2D eigenvalue weighted by Gasteiger charge is 2.31. The van der Waals surface area contributed by atoms with Crippen LogP contribution >= 0.6 is 0 Å². The number of benzene rings is 1. The predicted octanol–water partition coefficient (Wildman–Crippen LogP) is 2.75. The smallest absolute Gasteiger partial charge is 0.256 e. The van der Waals surface area contributed by atoms with E-state index in [1.54, 1.807) is 0 Å². The molecule has 4 rings (SSSR count). The van der Waals surface area contributed by atoms with Crippen LogP contribution in [0.25, 0.3) is 0 Å². The summed E-state index contributed by atoms with van der Waals surface area (Å²) in [6.45, 7) is 3.60. The van der Waals surface area contributed by atoms with E-state index >= 15 is 0 Å². The van der Waals surface area contributed by atoms with Crippen molar-refractivity contribution in [2.24, 2.45) is 5.92 Å². The van der Waals surface area contributed by atoms with Crippen LogP contribution in [0.3, 0.4) is 0 Å². The van der Waals surface area contributed by atoms with E-state index in [9.17, 15) is 4.79 Å². The lowest BCUT2D eigenvalue weighted by molar-refractivity contribution is 0.0951. The van der Waals surface area contributed by atoms with Gasteiger partial charge in [0, 0.05) is 6.54 Å². The number of carbonyl (C=O) groups is 1. The summed E-state index contributed by atoms with van der Waals surface area (Å²) in [5, 5.41) is 11.2. The lowest BCUT2D eigenvalue weighted by Crippen LogP contribution is -2.27. The second kappa shape index (κ2) is 5.72. The Bertz CT molecular complexity index is 718. The molecule has 1 amide bonds. The summed E-state index contributed by atoms with van der Waals surface area (Å²) in [6.07, 6.45) is 3.24. The molecule has 1 aliphatic carbocycles. The second-order valence-electron chi connectivity index (χ2n) is 6.47. The van der Waals surface area contributed by atoms with E-state index in [-0.39, 0.29) is 11.9 Å². The minimum absolute atomic E-state index is 0.0104. The first-order chi connectivity index (χ1) is 11.3. The fraction of sp³-hybridized carbons (Fsp3) is 0.444. The van der Waals surface area contributed by atoms with E-state index in [1.807, 2.05) is 29.8 Å². The summed E-state index contributed by atoms with van der Waals surface area (Å²) >= 11 is 0. The maximum atomic E-state index is 12.6. The Morgan fingerprint density at radius 1 is 1.35 bits per heavy atom. The van der Waals surface area contributed by atoms with Crippen LogP contribution in [0.4, 0.5) is 5.82 Å². The minimum atomic E-state index is 0.0104. The lowest BCUT2D eigenvalue weighted by atomic mass is 10.1. The van der Waals surface area contributed by atoms with Crippen molar-refractivity contribution in [2.75, 3.05) is 11.9 Å². The summed E-state index contributed by atoms with van der Waals surface area (Å²) in [7, 11) is 0. The van der Waals surface area contributed by atoms with Gasteiger partial charge in [0.2, 0.25) is 0 Å². The first-order valence-corrected chi connectivity index (χ1v) is 8.45. The summed E-state index contributed by atoms with van der Waals surface area (Å²) in [5.74, 6) is 1.55. The van der Waals surface area contributed by atoms with Crippen molar-refractivity contribution in [2.45, 2.75) is 38.8 Å². The molecule has 2 aromatic rings. The van der Waals surface area contributed by atoms with Crippen LogP contribution in [0, 0.1) is 5.92 Å². The van der Waals surface area contributed by atoms with Gasteiger partial charge in [-0.1, -0.05) is 37.3 Å². The molecule has 0 saturated heterocycles. The van der Waals surface area contributed by atoms with Gasteiger partial charge in [-0.15, -0.1) is 0 Å². The van der Waals surface area contributed by atoms with Crippen LogP contribution in [0.15, 0.2) is 30.3 Å². The Balaban J connectivity index is 1.57. The van der Waals surface area contributed by atoms with Crippen molar-refractivity contribution in [1.29, 1.82) is 0 Å². The Kier molecular flexibility index (Phi) is 3.56. The van der Waals surface area contributed by atoms with Crippen LogP contribution in [0.5, 0.6) is 0 Å². The molecule has 0 spiro atoms. The van der Waals surface area contributed by atoms with Gasteiger partial charge in [-0.2, -0.15) is 5.10 Å². The number of nitrogens with zero attached hydrogens (tertiary/aromatic N) is 2. The third-order valence-electron chi connectivity index (χ3n) is 4.70. The second-order valence-corrected chi connectivity index (χ2v) is 6.47. The number of amides is 1. The van der Waals surface area contributed by atoms with Crippen LogP contribution in [0.1, 0.15) is 47.4 Å². The number of carbonyl (C=O) groups excluding carboxylic acids is 1. The van der Waals surface area contributed by atoms with Crippen LogP contribution in [-0.2, 0) is 13.0 Å². The lowest BCUT2D eigenvalue weighted by Gasteiger charge is -2.12. The van der Waals surface area contributed by atoms with Gasteiger partial charge in [0.1, 0.15) is 11.4 Å². The van der Waals surface area contributed by atoms with Gasteiger partial charge >= 0.3 is 0 Å². The minimum Gasteiger partial charge on any atom is -0.361 e. The van der Waals surface area contributed by atoms with Crippen LogP contribution in [-0.4, -0.2) is 22.2 Å². The van der Waals surface area contributed by atoms with Crippen molar-refractivity contribution < 1.29 is 4.79 Å². The van der Waals surface area contributed by atoms with Crippen LogP contribution < -0.4 is 10.6 Å². The molecule has 120 valence electrons. The zero-order chi connectivity index (χ0) is 15.8. The number of fused-ring (bicyclic) bond motifs is 1.